The molecule has 0 saturated carbocycles. The maximum absolute atomic E-state index is 6.12. The zero-order valence-corrected chi connectivity index (χ0v) is 15.7. The van der Waals surface area contributed by atoms with E-state index in [0.717, 1.165) is 13.0 Å². The number of aryl methyl sites for hydroxylation is 1. The maximum Gasteiger partial charge on any atom is 0.0595 e. The fraction of sp³-hybridized carbons (Fsp3) is 0.474. The quantitative estimate of drug-likeness (QED) is 0.765. The van der Waals surface area contributed by atoms with E-state index in [1.807, 2.05) is 18.2 Å². The summed E-state index contributed by atoms with van der Waals surface area (Å²) in [5.41, 5.74) is 2.57. The number of hydrogen-bond donors (Lipinski definition) is 0. The molecule has 130 valence electrons. The molecule has 1 fully saturated rings. The molecule has 5 heteroatoms. The van der Waals surface area contributed by atoms with Crippen molar-refractivity contribution in [3.05, 3.63) is 57.8 Å². The van der Waals surface area contributed by atoms with Crippen molar-refractivity contribution in [3.8, 4) is 0 Å². The molecule has 0 aliphatic carbocycles. The second-order valence-corrected chi connectivity index (χ2v) is 7.44. The van der Waals surface area contributed by atoms with Crippen molar-refractivity contribution in [3.63, 3.8) is 0 Å². The topological polar surface area (TPSA) is 11.4 Å². The minimum atomic E-state index is 0.611. The van der Waals surface area contributed by atoms with E-state index < -0.39 is 0 Å². The maximum atomic E-state index is 6.12. The van der Waals surface area contributed by atoms with Crippen LogP contribution in [0.1, 0.15) is 17.7 Å². The number of benzene rings is 1. The highest BCUT2D eigenvalue weighted by Crippen LogP contribution is 2.23. The lowest BCUT2D eigenvalue weighted by Gasteiger charge is -2.32. The van der Waals surface area contributed by atoms with Crippen LogP contribution >= 0.6 is 23.2 Å². The Balaban J connectivity index is 1.52. The lowest BCUT2D eigenvalue weighted by molar-refractivity contribution is 0.153. The van der Waals surface area contributed by atoms with E-state index in [4.69, 9.17) is 23.2 Å². The molecule has 0 radical (unpaired) electrons. The summed E-state index contributed by atoms with van der Waals surface area (Å²) in [6, 6.07) is 10.2. The Hall–Kier alpha value is -1.000. The Morgan fingerprint density at radius 1 is 1.00 bits per heavy atom. The molecule has 1 saturated heterocycles. The van der Waals surface area contributed by atoms with E-state index in [1.165, 1.54) is 50.4 Å². The summed E-state index contributed by atoms with van der Waals surface area (Å²) in [6.07, 6.45) is 4.46. The number of aromatic nitrogens is 1. The van der Waals surface area contributed by atoms with Crippen molar-refractivity contribution < 1.29 is 0 Å². The van der Waals surface area contributed by atoms with Gasteiger partial charge in [-0.15, -0.1) is 0 Å². The summed E-state index contributed by atoms with van der Waals surface area (Å²) in [5.74, 6) is 0. The molecular formula is C19H25Cl2N3. The van der Waals surface area contributed by atoms with Crippen LogP contribution in [0.3, 0.4) is 0 Å². The van der Waals surface area contributed by atoms with Crippen LogP contribution in [0.2, 0.25) is 10.0 Å². The van der Waals surface area contributed by atoms with Crippen molar-refractivity contribution in [1.82, 2.24) is 14.4 Å². The first-order chi connectivity index (χ1) is 11.6. The van der Waals surface area contributed by atoms with Crippen molar-refractivity contribution in [2.75, 3.05) is 39.8 Å². The van der Waals surface area contributed by atoms with Crippen LogP contribution in [0.4, 0.5) is 0 Å². The third-order valence-electron chi connectivity index (χ3n) is 4.76. The molecule has 1 aliphatic rings. The van der Waals surface area contributed by atoms with Crippen LogP contribution in [0.15, 0.2) is 36.5 Å². The number of likely N-dealkylation sites (N-methyl/N-ethyl adjacent to an activating group) is 1. The second kappa shape index (κ2) is 8.39. The minimum absolute atomic E-state index is 0.611. The van der Waals surface area contributed by atoms with E-state index in [-0.39, 0.29) is 0 Å². The molecule has 0 spiro atoms. The summed E-state index contributed by atoms with van der Waals surface area (Å²) < 4.78 is 2.31. The number of rotatable bonds is 6. The normalized spacial score (nSPS) is 16.6. The molecule has 0 atom stereocenters. The zero-order valence-electron chi connectivity index (χ0n) is 14.2. The highest BCUT2D eigenvalue weighted by atomic mass is 35.5. The van der Waals surface area contributed by atoms with Crippen LogP contribution in [-0.4, -0.2) is 54.1 Å². The molecule has 0 unspecified atom stereocenters. The molecule has 24 heavy (non-hydrogen) atoms. The van der Waals surface area contributed by atoms with Crippen molar-refractivity contribution >= 4 is 23.2 Å². The van der Waals surface area contributed by atoms with E-state index in [0.29, 0.717) is 10.0 Å². The smallest absolute Gasteiger partial charge is 0.0595 e. The van der Waals surface area contributed by atoms with Crippen LogP contribution in [0, 0.1) is 0 Å². The third-order valence-corrected chi connectivity index (χ3v) is 5.50. The molecule has 2 heterocycles. The second-order valence-electron chi connectivity index (χ2n) is 6.62. The minimum Gasteiger partial charge on any atom is -0.347 e. The summed E-state index contributed by atoms with van der Waals surface area (Å²) >= 11 is 12.1. The third kappa shape index (κ3) is 4.76. The van der Waals surface area contributed by atoms with Gasteiger partial charge in [-0.05, 0) is 56.3 Å². The van der Waals surface area contributed by atoms with Gasteiger partial charge in [0.2, 0.25) is 0 Å². The highest BCUT2D eigenvalue weighted by Gasteiger charge is 2.13. The fourth-order valence-corrected chi connectivity index (χ4v) is 3.54. The Morgan fingerprint density at radius 3 is 2.54 bits per heavy atom. The van der Waals surface area contributed by atoms with Gasteiger partial charge in [0.1, 0.15) is 0 Å². The number of hydrogen-bond acceptors (Lipinski definition) is 2. The van der Waals surface area contributed by atoms with Gasteiger partial charge in [0.25, 0.3) is 0 Å². The Labute approximate surface area is 154 Å². The molecule has 0 N–H and O–H groups in total. The van der Waals surface area contributed by atoms with Crippen LogP contribution in [-0.2, 0) is 13.0 Å². The number of piperazine rings is 1. The molecule has 0 amide bonds. The van der Waals surface area contributed by atoms with E-state index in [2.05, 4.69) is 39.7 Å². The Bertz CT molecular complexity index is 660. The fourth-order valence-electron chi connectivity index (χ4n) is 3.22. The lowest BCUT2D eigenvalue weighted by Crippen LogP contribution is -2.44. The molecule has 1 aromatic heterocycles. The Kier molecular flexibility index (Phi) is 6.23. The first-order valence-corrected chi connectivity index (χ1v) is 9.36. The standard InChI is InChI=1S/C19H25Cl2N3/c1-22-10-12-23(13-11-22)8-2-4-17-5-3-9-24(17)15-16-6-7-18(20)19(21)14-16/h3,5-7,9,14H,2,4,8,10-13,15H2,1H3. The summed E-state index contributed by atoms with van der Waals surface area (Å²) in [4.78, 5) is 4.98. The zero-order chi connectivity index (χ0) is 16.9. The van der Waals surface area contributed by atoms with Crippen molar-refractivity contribution in [2.45, 2.75) is 19.4 Å². The molecule has 1 aromatic carbocycles. The largest absolute Gasteiger partial charge is 0.347 e. The summed E-state index contributed by atoms with van der Waals surface area (Å²) in [6.45, 7) is 6.79. The first kappa shape index (κ1) is 17.8. The average Bonchev–Trinajstić information content (AvgIpc) is 3.00. The molecular weight excluding hydrogens is 341 g/mol. The van der Waals surface area contributed by atoms with Crippen LogP contribution in [0.5, 0.6) is 0 Å². The van der Waals surface area contributed by atoms with Crippen LogP contribution < -0.4 is 0 Å². The van der Waals surface area contributed by atoms with Gasteiger partial charge in [0, 0.05) is 44.6 Å². The summed E-state index contributed by atoms with van der Waals surface area (Å²) in [7, 11) is 2.20. The number of nitrogens with zero attached hydrogens (tertiary/aromatic N) is 3. The van der Waals surface area contributed by atoms with E-state index >= 15 is 0 Å². The number of halogens is 2. The van der Waals surface area contributed by atoms with Crippen molar-refractivity contribution in [1.29, 1.82) is 0 Å². The molecule has 0 bridgehead atoms. The molecule has 3 rings (SSSR count). The van der Waals surface area contributed by atoms with Gasteiger partial charge < -0.3 is 14.4 Å². The van der Waals surface area contributed by atoms with Gasteiger partial charge in [-0.25, -0.2) is 0 Å². The van der Waals surface area contributed by atoms with Gasteiger partial charge >= 0.3 is 0 Å². The van der Waals surface area contributed by atoms with Gasteiger partial charge in [-0.1, -0.05) is 29.3 Å². The summed E-state index contributed by atoms with van der Waals surface area (Å²) in [5, 5.41) is 1.23. The van der Waals surface area contributed by atoms with Crippen molar-refractivity contribution in [2.24, 2.45) is 0 Å². The first-order valence-electron chi connectivity index (χ1n) is 8.60. The highest BCUT2D eigenvalue weighted by molar-refractivity contribution is 6.42. The SMILES string of the molecule is CN1CCN(CCCc2cccn2Cc2ccc(Cl)c(Cl)c2)CC1. The Morgan fingerprint density at radius 2 is 1.79 bits per heavy atom. The van der Waals surface area contributed by atoms with Gasteiger partial charge in [-0.3, -0.25) is 0 Å². The molecule has 3 nitrogen and oxygen atoms in total. The predicted octanol–water partition coefficient (Wildman–Crippen LogP) is 4.02. The monoisotopic (exact) mass is 365 g/mol. The van der Waals surface area contributed by atoms with Crippen LogP contribution in [0.25, 0.3) is 0 Å². The lowest BCUT2D eigenvalue weighted by atomic mass is 10.2. The predicted molar refractivity (Wildman–Crippen MR) is 102 cm³/mol. The van der Waals surface area contributed by atoms with Gasteiger partial charge in [-0.2, -0.15) is 0 Å². The van der Waals surface area contributed by atoms with Gasteiger partial charge in [0.05, 0.1) is 10.0 Å². The van der Waals surface area contributed by atoms with E-state index in [9.17, 15) is 0 Å². The average molecular weight is 366 g/mol. The molecule has 1 aliphatic heterocycles. The van der Waals surface area contributed by atoms with Gasteiger partial charge in [0.15, 0.2) is 0 Å². The molecule has 2 aromatic rings. The van der Waals surface area contributed by atoms with E-state index in [1.54, 1.807) is 0 Å².